The fourth-order valence-electron chi connectivity index (χ4n) is 2.41. The number of hydrogen-bond acceptors (Lipinski definition) is 2. The highest BCUT2D eigenvalue weighted by Gasteiger charge is 2.03. The molecule has 2 aromatic carbocycles. The lowest BCUT2D eigenvalue weighted by atomic mass is 10.00. The first-order valence-corrected chi connectivity index (χ1v) is 7.26. The van der Waals surface area contributed by atoms with E-state index in [1.807, 2.05) is 6.07 Å². The molecule has 0 bridgehead atoms. The van der Waals surface area contributed by atoms with Gasteiger partial charge in [-0.05, 0) is 41.4 Å². The largest absolute Gasteiger partial charge is 0.313 e. The second-order valence-corrected chi connectivity index (χ2v) is 5.03. The molecule has 3 aromatic rings. The Bertz CT molecular complexity index is 702. The van der Waals surface area contributed by atoms with Gasteiger partial charge >= 0.3 is 0 Å². The molecule has 21 heavy (non-hydrogen) atoms. The maximum Gasteiger partial charge on any atom is 0.0650 e. The summed E-state index contributed by atoms with van der Waals surface area (Å²) in [5.74, 6) is 0. The molecule has 3 nitrogen and oxygen atoms in total. The van der Waals surface area contributed by atoms with Gasteiger partial charge in [0.15, 0.2) is 0 Å². The average Bonchev–Trinajstić information content (AvgIpc) is 3.08. The van der Waals surface area contributed by atoms with Gasteiger partial charge in [-0.3, -0.25) is 5.10 Å². The van der Waals surface area contributed by atoms with Crippen LogP contribution in [-0.4, -0.2) is 16.7 Å². The summed E-state index contributed by atoms with van der Waals surface area (Å²) in [6.45, 7) is 4.02. The number of benzene rings is 2. The Hall–Kier alpha value is -2.39. The van der Waals surface area contributed by atoms with Crippen LogP contribution in [0.15, 0.2) is 60.8 Å². The van der Waals surface area contributed by atoms with Crippen molar-refractivity contribution < 1.29 is 0 Å². The minimum absolute atomic E-state index is 0.907. The zero-order chi connectivity index (χ0) is 14.5. The smallest absolute Gasteiger partial charge is 0.0650 e. The first-order chi connectivity index (χ1) is 10.4. The molecule has 0 unspecified atom stereocenters. The number of H-pyrrole nitrogens is 1. The summed E-state index contributed by atoms with van der Waals surface area (Å²) in [5, 5.41) is 10.4. The molecule has 0 aliphatic rings. The Morgan fingerprint density at radius 1 is 0.952 bits per heavy atom. The average molecular weight is 277 g/mol. The third-order valence-corrected chi connectivity index (χ3v) is 3.51. The van der Waals surface area contributed by atoms with Gasteiger partial charge in [-0.1, -0.05) is 43.3 Å². The van der Waals surface area contributed by atoms with E-state index in [0.29, 0.717) is 0 Å². The molecule has 2 N–H and O–H groups in total. The number of aromatic nitrogens is 2. The van der Waals surface area contributed by atoms with Crippen molar-refractivity contribution in [3.63, 3.8) is 0 Å². The molecule has 3 rings (SSSR count). The van der Waals surface area contributed by atoms with Crippen molar-refractivity contribution in [2.24, 2.45) is 0 Å². The van der Waals surface area contributed by atoms with Crippen LogP contribution in [0, 0.1) is 0 Å². The molecule has 0 radical (unpaired) electrons. The second-order valence-electron chi connectivity index (χ2n) is 5.03. The van der Waals surface area contributed by atoms with Gasteiger partial charge in [0.2, 0.25) is 0 Å². The molecule has 0 fully saturated rings. The minimum atomic E-state index is 0.907. The first kappa shape index (κ1) is 13.6. The van der Waals surface area contributed by atoms with Crippen LogP contribution in [0.2, 0.25) is 0 Å². The van der Waals surface area contributed by atoms with Gasteiger partial charge < -0.3 is 5.32 Å². The van der Waals surface area contributed by atoms with Crippen LogP contribution in [0.4, 0.5) is 0 Å². The standard InChI is InChI=1S/C18H19N3/c1-2-19-13-14-5-3-6-15(11-14)16-7-4-8-17(12-16)18-9-10-20-21-18/h3-12,19H,2,13H2,1H3,(H,20,21). The molecule has 0 aliphatic carbocycles. The Balaban J connectivity index is 1.91. The molecule has 0 saturated carbocycles. The van der Waals surface area contributed by atoms with Crippen LogP contribution in [-0.2, 0) is 6.54 Å². The van der Waals surface area contributed by atoms with Crippen LogP contribution < -0.4 is 5.32 Å². The Morgan fingerprint density at radius 3 is 2.48 bits per heavy atom. The summed E-state index contributed by atoms with van der Waals surface area (Å²) in [4.78, 5) is 0. The van der Waals surface area contributed by atoms with E-state index in [1.165, 1.54) is 16.7 Å². The van der Waals surface area contributed by atoms with Crippen LogP contribution in [0.3, 0.4) is 0 Å². The molecular formula is C18H19N3. The molecule has 106 valence electrons. The fourth-order valence-corrected chi connectivity index (χ4v) is 2.41. The molecule has 0 amide bonds. The van der Waals surface area contributed by atoms with E-state index in [-0.39, 0.29) is 0 Å². The van der Waals surface area contributed by atoms with Crippen LogP contribution >= 0.6 is 0 Å². The van der Waals surface area contributed by atoms with Gasteiger partial charge in [0, 0.05) is 18.3 Å². The number of nitrogens with zero attached hydrogens (tertiary/aromatic N) is 1. The van der Waals surface area contributed by atoms with E-state index >= 15 is 0 Å². The molecule has 1 aromatic heterocycles. The molecule has 0 aliphatic heterocycles. The molecule has 0 atom stereocenters. The Morgan fingerprint density at radius 2 is 1.71 bits per heavy atom. The number of nitrogens with one attached hydrogen (secondary N) is 2. The van der Waals surface area contributed by atoms with Crippen molar-refractivity contribution in [2.45, 2.75) is 13.5 Å². The van der Waals surface area contributed by atoms with Crippen molar-refractivity contribution >= 4 is 0 Å². The number of rotatable bonds is 5. The fraction of sp³-hybridized carbons (Fsp3) is 0.167. The predicted octanol–water partition coefficient (Wildman–Crippen LogP) is 3.85. The van der Waals surface area contributed by atoms with E-state index in [2.05, 4.69) is 71.0 Å². The molecule has 3 heteroatoms. The number of hydrogen-bond donors (Lipinski definition) is 2. The lowest BCUT2D eigenvalue weighted by molar-refractivity contribution is 0.727. The van der Waals surface area contributed by atoms with Crippen molar-refractivity contribution in [3.05, 3.63) is 66.4 Å². The van der Waals surface area contributed by atoms with Gasteiger partial charge in [-0.25, -0.2) is 0 Å². The Labute approximate surface area is 125 Å². The van der Waals surface area contributed by atoms with E-state index in [9.17, 15) is 0 Å². The molecular weight excluding hydrogens is 258 g/mol. The maximum atomic E-state index is 4.02. The Kier molecular flexibility index (Phi) is 4.12. The summed E-state index contributed by atoms with van der Waals surface area (Å²) in [6.07, 6.45) is 1.78. The SMILES string of the molecule is CCNCc1cccc(-c2cccc(-c3ccn[nH]3)c2)c1. The van der Waals surface area contributed by atoms with Crippen molar-refractivity contribution in [1.82, 2.24) is 15.5 Å². The van der Waals surface area contributed by atoms with Gasteiger partial charge in [-0.15, -0.1) is 0 Å². The topological polar surface area (TPSA) is 40.7 Å². The van der Waals surface area contributed by atoms with Crippen LogP contribution in [0.5, 0.6) is 0 Å². The molecule has 0 spiro atoms. The normalized spacial score (nSPS) is 10.7. The third-order valence-electron chi connectivity index (χ3n) is 3.51. The van der Waals surface area contributed by atoms with E-state index in [1.54, 1.807) is 6.20 Å². The van der Waals surface area contributed by atoms with Crippen molar-refractivity contribution in [2.75, 3.05) is 6.54 Å². The highest BCUT2D eigenvalue weighted by Crippen LogP contribution is 2.25. The second kappa shape index (κ2) is 6.37. The van der Waals surface area contributed by atoms with Crippen molar-refractivity contribution in [3.8, 4) is 22.4 Å². The summed E-state index contributed by atoms with van der Waals surface area (Å²) < 4.78 is 0. The van der Waals surface area contributed by atoms with E-state index < -0.39 is 0 Å². The summed E-state index contributed by atoms with van der Waals surface area (Å²) in [5.41, 5.74) is 5.97. The third kappa shape index (κ3) is 3.20. The zero-order valence-corrected chi connectivity index (χ0v) is 12.1. The minimum Gasteiger partial charge on any atom is -0.313 e. The van der Waals surface area contributed by atoms with Gasteiger partial charge in [-0.2, -0.15) is 5.10 Å². The summed E-state index contributed by atoms with van der Waals surface area (Å²) in [6, 6.07) is 19.2. The van der Waals surface area contributed by atoms with Crippen molar-refractivity contribution in [1.29, 1.82) is 0 Å². The summed E-state index contributed by atoms with van der Waals surface area (Å²) >= 11 is 0. The van der Waals surface area contributed by atoms with Crippen LogP contribution in [0.1, 0.15) is 12.5 Å². The van der Waals surface area contributed by atoms with E-state index in [4.69, 9.17) is 0 Å². The zero-order valence-electron chi connectivity index (χ0n) is 12.1. The van der Waals surface area contributed by atoms with Gasteiger partial charge in [0.25, 0.3) is 0 Å². The molecule has 0 saturated heterocycles. The highest BCUT2D eigenvalue weighted by atomic mass is 15.1. The lowest BCUT2D eigenvalue weighted by Crippen LogP contribution is -2.11. The predicted molar refractivity (Wildman–Crippen MR) is 86.8 cm³/mol. The number of aromatic amines is 1. The van der Waals surface area contributed by atoms with Gasteiger partial charge in [0.05, 0.1) is 5.69 Å². The monoisotopic (exact) mass is 277 g/mol. The van der Waals surface area contributed by atoms with Crippen LogP contribution in [0.25, 0.3) is 22.4 Å². The quantitative estimate of drug-likeness (QED) is 0.743. The first-order valence-electron chi connectivity index (χ1n) is 7.26. The van der Waals surface area contributed by atoms with E-state index in [0.717, 1.165) is 24.3 Å². The summed E-state index contributed by atoms with van der Waals surface area (Å²) in [7, 11) is 0. The van der Waals surface area contributed by atoms with Gasteiger partial charge in [0.1, 0.15) is 0 Å². The highest BCUT2D eigenvalue weighted by molar-refractivity contribution is 5.71. The maximum absolute atomic E-state index is 4.02. The molecule has 1 heterocycles. The lowest BCUT2D eigenvalue weighted by Gasteiger charge is -2.07.